The zero-order valence-electron chi connectivity index (χ0n) is 10.5. The highest BCUT2D eigenvalue weighted by molar-refractivity contribution is 5.94. The molecule has 0 spiro atoms. The number of benzene rings is 1. The molecule has 0 radical (unpaired) electrons. The second-order valence-corrected chi connectivity index (χ2v) is 4.85. The lowest BCUT2D eigenvalue weighted by molar-refractivity contribution is 0.0210. The molecule has 0 saturated carbocycles. The minimum absolute atomic E-state index is 0.0202. The highest BCUT2D eigenvalue weighted by atomic mass is 16.3. The number of nitrogens with two attached hydrogens (primary N) is 1. The number of amidine groups is 1. The number of hydrogen-bond acceptors (Lipinski definition) is 5. The first-order chi connectivity index (χ1) is 9.02. The maximum Gasteiger partial charge on any atom is 0.122 e. The first-order valence-corrected chi connectivity index (χ1v) is 6.17. The van der Waals surface area contributed by atoms with Crippen LogP contribution in [-0.4, -0.2) is 57.5 Å². The summed E-state index contributed by atoms with van der Waals surface area (Å²) in [4.78, 5) is 1.85. The van der Waals surface area contributed by atoms with Crippen LogP contribution in [0, 0.1) is 5.41 Å². The lowest BCUT2D eigenvalue weighted by atomic mass is 10.1. The van der Waals surface area contributed by atoms with E-state index in [9.17, 15) is 15.3 Å². The molecule has 104 valence electrons. The van der Waals surface area contributed by atoms with E-state index in [2.05, 4.69) is 0 Å². The number of likely N-dealkylation sites (tertiary alicyclic amines) is 1. The second kappa shape index (κ2) is 5.66. The minimum Gasteiger partial charge on any atom is -0.395 e. The van der Waals surface area contributed by atoms with Gasteiger partial charge in [0.25, 0.3) is 0 Å². The van der Waals surface area contributed by atoms with E-state index in [-0.39, 0.29) is 12.4 Å². The van der Waals surface area contributed by atoms with E-state index >= 15 is 0 Å². The van der Waals surface area contributed by atoms with Gasteiger partial charge in [-0.05, 0) is 5.56 Å². The van der Waals surface area contributed by atoms with Crippen molar-refractivity contribution in [3.63, 3.8) is 0 Å². The van der Waals surface area contributed by atoms with Crippen LogP contribution in [0.3, 0.4) is 0 Å². The van der Waals surface area contributed by atoms with Crippen LogP contribution in [0.2, 0.25) is 0 Å². The van der Waals surface area contributed by atoms with Gasteiger partial charge >= 0.3 is 0 Å². The Morgan fingerprint density at radius 3 is 2.47 bits per heavy atom. The van der Waals surface area contributed by atoms with Gasteiger partial charge in [0, 0.05) is 18.7 Å². The highest BCUT2D eigenvalue weighted by Crippen LogP contribution is 2.21. The summed E-state index contributed by atoms with van der Waals surface area (Å²) in [7, 11) is 0. The second-order valence-electron chi connectivity index (χ2n) is 4.85. The van der Waals surface area contributed by atoms with E-state index in [0.717, 1.165) is 5.56 Å². The van der Waals surface area contributed by atoms with E-state index in [1.807, 2.05) is 17.0 Å². The lowest BCUT2D eigenvalue weighted by Crippen LogP contribution is -2.38. The van der Waals surface area contributed by atoms with Crippen molar-refractivity contribution in [2.45, 2.75) is 24.8 Å². The lowest BCUT2D eigenvalue weighted by Gasteiger charge is -2.23. The smallest absolute Gasteiger partial charge is 0.122 e. The van der Waals surface area contributed by atoms with E-state index in [0.29, 0.717) is 18.7 Å². The molecule has 6 nitrogen and oxygen atoms in total. The van der Waals surface area contributed by atoms with E-state index in [1.54, 1.807) is 12.1 Å². The number of β-amino-alcohol motifs (C(OH)–C–C–N with tert-alkyl or cyclic N) is 1. The van der Waals surface area contributed by atoms with Gasteiger partial charge in [0.05, 0.1) is 24.9 Å². The van der Waals surface area contributed by atoms with Gasteiger partial charge in [0.15, 0.2) is 0 Å². The molecule has 1 aliphatic heterocycles. The molecule has 6 N–H and O–H groups in total. The fourth-order valence-electron chi connectivity index (χ4n) is 2.39. The third-order valence-electron chi connectivity index (χ3n) is 3.52. The van der Waals surface area contributed by atoms with Gasteiger partial charge in [-0.1, -0.05) is 24.3 Å². The van der Waals surface area contributed by atoms with Crippen LogP contribution in [0.15, 0.2) is 24.3 Å². The molecular weight excluding hydrogens is 246 g/mol. The van der Waals surface area contributed by atoms with Crippen LogP contribution in [0.5, 0.6) is 0 Å². The number of aliphatic hydroxyl groups is 3. The van der Waals surface area contributed by atoms with Crippen molar-refractivity contribution in [3.05, 3.63) is 35.4 Å². The molecule has 1 saturated heterocycles. The van der Waals surface area contributed by atoms with Crippen LogP contribution in [0.25, 0.3) is 0 Å². The fourth-order valence-corrected chi connectivity index (χ4v) is 2.39. The molecule has 0 bridgehead atoms. The Morgan fingerprint density at radius 1 is 1.32 bits per heavy atom. The summed E-state index contributed by atoms with van der Waals surface area (Å²) in [5.41, 5.74) is 7.01. The molecule has 1 aromatic carbocycles. The van der Waals surface area contributed by atoms with Gasteiger partial charge in [-0.25, -0.2) is 0 Å². The molecule has 2 rings (SSSR count). The van der Waals surface area contributed by atoms with Crippen molar-refractivity contribution in [2.75, 3.05) is 13.2 Å². The minimum atomic E-state index is -0.915. The Bertz CT molecular complexity index is 449. The van der Waals surface area contributed by atoms with Crippen molar-refractivity contribution < 1.29 is 15.3 Å². The molecule has 0 aliphatic carbocycles. The summed E-state index contributed by atoms with van der Waals surface area (Å²) >= 11 is 0. The molecule has 6 heteroatoms. The maximum absolute atomic E-state index is 9.73. The Balaban J connectivity index is 2.06. The number of hydrogen-bond donors (Lipinski definition) is 5. The normalized spacial score (nSPS) is 27.6. The molecule has 1 heterocycles. The zero-order valence-corrected chi connectivity index (χ0v) is 10.5. The van der Waals surface area contributed by atoms with Gasteiger partial charge in [-0.15, -0.1) is 0 Å². The predicted molar refractivity (Wildman–Crippen MR) is 70.8 cm³/mol. The molecule has 0 aromatic heterocycles. The molecule has 1 fully saturated rings. The first-order valence-electron chi connectivity index (χ1n) is 6.17. The molecule has 0 amide bonds. The predicted octanol–water partition coefficient (Wildman–Crippen LogP) is -1.13. The third-order valence-corrected chi connectivity index (χ3v) is 3.52. The van der Waals surface area contributed by atoms with E-state index < -0.39 is 18.2 Å². The average molecular weight is 265 g/mol. The summed E-state index contributed by atoms with van der Waals surface area (Å²) in [6.45, 7) is 0.669. The summed E-state index contributed by atoms with van der Waals surface area (Å²) in [6, 6.07) is 6.77. The summed E-state index contributed by atoms with van der Waals surface area (Å²) in [5.74, 6) is 0.0202. The topological polar surface area (TPSA) is 114 Å². The Morgan fingerprint density at radius 2 is 1.95 bits per heavy atom. The summed E-state index contributed by atoms with van der Waals surface area (Å²) < 4.78 is 0. The Kier molecular flexibility index (Phi) is 4.16. The number of nitrogens with zero attached hydrogens (tertiary/aromatic N) is 1. The van der Waals surface area contributed by atoms with E-state index in [1.165, 1.54) is 0 Å². The zero-order chi connectivity index (χ0) is 14.0. The van der Waals surface area contributed by atoms with Crippen molar-refractivity contribution in [1.29, 1.82) is 5.41 Å². The van der Waals surface area contributed by atoms with Crippen molar-refractivity contribution in [3.8, 4) is 0 Å². The largest absolute Gasteiger partial charge is 0.395 e. The SMILES string of the molecule is N=C(N)c1ccc(CN2C[C@H](O)[C@H](O)[C@H]2CO)cc1. The highest BCUT2D eigenvalue weighted by Gasteiger charge is 2.39. The van der Waals surface area contributed by atoms with Gasteiger partial charge in [-0.3, -0.25) is 10.3 Å². The molecule has 19 heavy (non-hydrogen) atoms. The monoisotopic (exact) mass is 265 g/mol. The van der Waals surface area contributed by atoms with Crippen LogP contribution >= 0.6 is 0 Å². The quantitative estimate of drug-likeness (QED) is 0.349. The molecule has 3 atom stereocenters. The van der Waals surface area contributed by atoms with Crippen molar-refractivity contribution >= 4 is 5.84 Å². The van der Waals surface area contributed by atoms with Crippen molar-refractivity contribution in [2.24, 2.45) is 5.73 Å². The number of nitrogens with one attached hydrogen (secondary N) is 1. The molecule has 0 unspecified atom stereocenters. The molecular formula is C13H19N3O3. The summed E-state index contributed by atoms with van der Waals surface area (Å²) in [6.07, 6.45) is -1.74. The fraction of sp³-hybridized carbons (Fsp3) is 0.462. The average Bonchev–Trinajstić information content (AvgIpc) is 2.65. The number of aliphatic hydroxyl groups excluding tert-OH is 3. The summed E-state index contributed by atoms with van der Waals surface area (Å²) in [5, 5.41) is 35.9. The molecule has 1 aliphatic rings. The third kappa shape index (κ3) is 2.93. The van der Waals surface area contributed by atoms with Crippen LogP contribution in [0.4, 0.5) is 0 Å². The van der Waals surface area contributed by atoms with E-state index in [4.69, 9.17) is 11.1 Å². The molecule has 1 aromatic rings. The standard InChI is InChI=1S/C13H19N3O3/c14-13(15)9-3-1-8(2-4-9)5-16-6-11(18)12(19)10(16)7-17/h1-4,10-12,17-19H,5-7H2,(H3,14,15)/t10-,11+,12-/m1/s1. The van der Waals surface area contributed by atoms with Gasteiger partial charge in [0.1, 0.15) is 5.84 Å². The van der Waals surface area contributed by atoms with Crippen molar-refractivity contribution in [1.82, 2.24) is 4.90 Å². The maximum atomic E-state index is 9.73. The van der Waals surface area contributed by atoms with Gasteiger partial charge < -0.3 is 21.1 Å². The number of nitrogen functional groups attached to an aromatic ring is 1. The Labute approximate surface area is 111 Å². The Hall–Kier alpha value is -1.47. The van der Waals surface area contributed by atoms with Gasteiger partial charge in [-0.2, -0.15) is 0 Å². The number of rotatable bonds is 4. The van der Waals surface area contributed by atoms with Gasteiger partial charge in [0.2, 0.25) is 0 Å². The first kappa shape index (κ1) is 14.0. The van der Waals surface area contributed by atoms with Crippen LogP contribution in [-0.2, 0) is 6.54 Å². The van der Waals surface area contributed by atoms with Crippen LogP contribution in [0.1, 0.15) is 11.1 Å². The van der Waals surface area contributed by atoms with Crippen LogP contribution < -0.4 is 5.73 Å².